The number of hydrogen-bond acceptors (Lipinski definition) is 6. The predicted octanol–water partition coefficient (Wildman–Crippen LogP) is 5.07. The van der Waals surface area contributed by atoms with Crippen LogP contribution in [-0.4, -0.2) is 56.0 Å². The van der Waals surface area contributed by atoms with Crippen molar-refractivity contribution in [2.75, 3.05) is 13.2 Å². The second kappa shape index (κ2) is 12.5. The maximum absolute atomic E-state index is 12.9. The van der Waals surface area contributed by atoms with E-state index in [1.165, 1.54) is 0 Å². The van der Waals surface area contributed by atoms with Crippen molar-refractivity contribution in [1.82, 2.24) is 5.32 Å². The lowest BCUT2D eigenvalue weighted by molar-refractivity contribution is -0.169. The van der Waals surface area contributed by atoms with Crippen LogP contribution in [0.1, 0.15) is 58.7 Å². The van der Waals surface area contributed by atoms with Gasteiger partial charge in [-0.1, -0.05) is 81.4 Å². The SMILES string of the molecule is CC(C)(C)C(=O)O[C@@H]([C@@H](O)CO)[C@@H](CO[Si](C)(C)C(C)(C)C)NC(c1ccccc1)c1ccccc1. The van der Waals surface area contributed by atoms with Crippen LogP contribution in [0.4, 0.5) is 0 Å². The first kappa shape index (κ1) is 30.2. The van der Waals surface area contributed by atoms with Crippen molar-refractivity contribution in [3.8, 4) is 0 Å². The maximum Gasteiger partial charge on any atom is 0.311 e. The van der Waals surface area contributed by atoms with Gasteiger partial charge in [-0.15, -0.1) is 0 Å². The van der Waals surface area contributed by atoms with Gasteiger partial charge in [0.05, 0.1) is 30.7 Å². The fraction of sp³-hybridized carbons (Fsp3) is 0.552. The molecule has 0 spiro atoms. The molecule has 0 bridgehead atoms. The molecular formula is C29H45NO5Si. The summed E-state index contributed by atoms with van der Waals surface area (Å²) in [7, 11) is -2.17. The summed E-state index contributed by atoms with van der Waals surface area (Å²) in [5.41, 5.74) is 1.29. The summed E-state index contributed by atoms with van der Waals surface area (Å²) in [6.07, 6.45) is -2.29. The lowest BCUT2D eigenvalue weighted by Crippen LogP contribution is -2.56. The van der Waals surface area contributed by atoms with Crippen molar-refractivity contribution in [3.63, 3.8) is 0 Å². The van der Waals surface area contributed by atoms with Gasteiger partial charge < -0.3 is 19.4 Å². The van der Waals surface area contributed by atoms with Gasteiger partial charge in [0.15, 0.2) is 8.32 Å². The highest BCUT2D eigenvalue weighted by molar-refractivity contribution is 6.74. The molecule has 0 aliphatic carbocycles. The number of benzene rings is 2. The second-order valence-corrected chi connectivity index (χ2v) is 16.8. The van der Waals surface area contributed by atoms with Gasteiger partial charge in [0.2, 0.25) is 0 Å². The van der Waals surface area contributed by atoms with Crippen LogP contribution >= 0.6 is 0 Å². The zero-order chi connectivity index (χ0) is 27.1. The molecule has 0 aliphatic heterocycles. The molecule has 0 aliphatic rings. The molecule has 7 heteroatoms. The van der Waals surface area contributed by atoms with Gasteiger partial charge >= 0.3 is 5.97 Å². The molecule has 3 N–H and O–H groups in total. The van der Waals surface area contributed by atoms with Crippen LogP contribution in [0, 0.1) is 5.41 Å². The van der Waals surface area contributed by atoms with E-state index >= 15 is 0 Å². The zero-order valence-electron chi connectivity index (χ0n) is 23.1. The Bertz CT molecular complexity index is 898. The highest BCUT2D eigenvalue weighted by Gasteiger charge is 2.41. The average Bonchev–Trinajstić information content (AvgIpc) is 2.82. The third-order valence-electron chi connectivity index (χ3n) is 6.89. The minimum Gasteiger partial charge on any atom is -0.457 e. The normalized spacial score (nSPS) is 15.4. The van der Waals surface area contributed by atoms with Crippen molar-refractivity contribution in [3.05, 3.63) is 71.8 Å². The van der Waals surface area contributed by atoms with E-state index in [0.29, 0.717) is 0 Å². The minimum absolute atomic E-state index is 0.0248. The Labute approximate surface area is 218 Å². The van der Waals surface area contributed by atoms with Crippen LogP contribution < -0.4 is 5.32 Å². The number of rotatable bonds is 11. The summed E-state index contributed by atoms with van der Waals surface area (Å²) in [6, 6.07) is 19.2. The fourth-order valence-electron chi connectivity index (χ4n) is 3.48. The smallest absolute Gasteiger partial charge is 0.311 e. The molecule has 0 fully saturated rings. The van der Waals surface area contributed by atoms with E-state index in [2.05, 4.69) is 39.2 Å². The molecule has 0 saturated carbocycles. The minimum atomic E-state index is -2.17. The van der Waals surface area contributed by atoms with Crippen molar-refractivity contribution in [2.45, 2.75) is 84.0 Å². The van der Waals surface area contributed by atoms with Crippen LogP contribution in [0.25, 0.3) is 0 Å². The van der Waals surface area contributed by atoms with E-state index < -0.39 is 44.6 Å². The first-order valence-corrected chi connectivity index (χ1v) is 15.6. The van der Waals surface area contributed by atoms with Gasteiger partial charge in [0, 0.05) is 0 Å². The Kier molecular flexibility index (Phi) is 10.5. The molecule has 200 valence electrons. The lowest BCUT2D eigenvalue weighted by atomic mass is 9.95. The number of carbonyl (C=O) groups excluding carboxylic acids is 1. The Morgan fingerprint density at radius 3 is 1.78 bits per heavy atom. The zero-order valence-corrected chi connectivity index (χ0v) is 24.1. The Morgan fingerprint density at radius 2 is 1.39 bits per heavy atom. The van der Waals surface area contributed by atoms with Gasteiger partial charge in [-0.25, -0.2) is 0 Å². The summed E-state index contributed by atoms with van der Waals surface area (Å²) in [5, 5.41) is 24.3. The van der Waals surface area contributed by atoms with E-state index in [1.54, 1.807) is 20.8 Å². The summed E-state index contributed by atoms with van der Waals surface area (Å²) in [6.45, 7) is 15.8. The number of carbonyl (C=O) groups is 1. The van der Waals surface area contributed by atoms with E-state index in [9.17, 15) is 15.0 Å². The first-order valence-electron chi connectivity index (χ1n) is 12.7. The largest absolute Gasteiger partial charge is 0.457 e. The highest BCUT2D eigenvalue weighted by Crippen LogP contribution is 2.37. The van der Waals surface area contributed by atoms with Gasteiger partial charge in [0.1, 0.15) is 12.2 Å². The van der Waals surface area contributed by atoms with Crippen molar-refractivity contribution >= 4 is 14.3 Å². The van der Waals surface area contributed by atoms with Crippen LogP contribution in [-0.2, 0) is 14.0 Å². The van der Waals surface area contributed by atoms with Crippen LogP contribution in [0.5, 0.6) is 0 Å². The van der Waals surface area contributed by atoms with E-state index in [4.69, 9.17) is 9.16 Å². The first-order chi connectivity index (χ1) is 16.7. The molecule has 0 unspecified atom stereocenters. The van der Waals surface area contributed by atoms with Gasteiger partial charge in [-0.3, -0.25) is 10.1 Å². The van der Waals surface area contributed by atoms with E-state index in [-0.39, 0.29) is 17.7 Å². The molecule has 0 aromatic heterocycles. The predicted molar refractivity (Wildman–Crippen MR) is 147 cm³/mol. The third kappa shape index (κ3) is 8.25. The standard InChI is InChI=1S/C29H45NO5Si/c1-28(2,3)27(33)35-26(24(32)19-31)23(20-34-36(7,8)29(4,5)6)30-25(21-15-11-9-12-16-21)22-17-13-10-14-18-22/h9-18,23-26,30-32H,19-20H2,1-8H3/t23-,24+,26-/m1/s1. The lowest BCUT2D eigenvalue weighted by Gasteiger charge is -2.40. The van der Waals surface area contributed by atoms with Crippen LogP contribution in [0.2, 0.25) is 18.1 Å². The molecule has 0 amide bonds. The monoisotopic (exact) mass is 515 g/mol. The fourth-order valence-corrected chi connectivity index (χ4v) is 4.50. The molecule has 2 aromatic carbocycles. The Balaban J connectivity index is 2.52. The number of ether oxygens (including phenoxy) is 1. The molecule has 36 heavy (non-hydrogen) atoms. The van der Waals surface area contributed by atoms with Crippen molar-refractivity contribution in [2.24, 2.45) is 5.41 Å². The third-order valence-corrected chi connectivity index (χ3v) is 11.4. The number of hydrogen-bond donors (Lipinski definition) is 3. The van der Waals surface area contributed by atoms with Crippen LogP contribution in [0.15, 0.2) is 60.7 Å². The summed E-state index contributed by atoms with van der Waals surface area (Å²) >= 11 is 0. The molecule has 2 aromatic rings. The van der Waals surface area contributed by atoms with Crippen LogP contribution in [0.3, 0.4) is 0 Å². The van der Waals surface area contributed by atoms with Gasteiger partial charge in [-0.2, -0.15) is 0 Å². The van der Waals surface area contributed by atoms with Crippen molar-refractivity contribution < 1.29 is 24.2 Å². The van der Waals surface area contributed by atoms with E-state index in [1.807, 2.05) is 60.7 Å². The molecular weight excluding hydrogens is 470 g/mol. The summed E-state index contributed by atoms with van der Waals surface area (Å²) in [4.78, 5) is 12.9. The molecule has 0 radical (unpaired) electrons. The number of esters is 1. The maximum atomic E-state index is 12.9. The molecule has 6 nitrogen and oxygen atoms in total. The van der Waals surface area contributed by atoms with E-state index in [0.717, 1.165) is 11.1 Å². The van der Waals surface area contributed by atoms with Gasteiger partial charge in [0.25, 0.3) is 0 Å². The Morgan fingerprint density at radius 1 is 0.917 bits per heavy atom. The highest BCUT2D eigenvalue weighted by atomic mass is 28.4. The molecule has 0 saturated heterocycles. The quantitative estimate of drug-likeness (QED) is 0.286. The average molecular weight is 516 g/mol. The molecule has 0 heterocycles. The molecule has 2 rings (SSSR count). The summed E-state index contributed by atoms with van der Waals surface area (Å²) in [5.74, 6) is -0.449. The number of nitrogens with one attached hydrogen (secondary N) is 1. The number of aliphatic hydroxyl groups excluding tert-OH is 2. The van der Waals surface area contributed by atoms with Gasteiger partial charge in [-0.05, 0) is 50.0 Å². The molecule has 3 atom stereocenters. The van der Waals surface area contributed by atoms with Crippen molar-refractivity contribution in [1.29, 1.82) is 0 Å². The second-order valence-electron chi connectivity index (χ2n) is 12.0. The summed E-state index contributed by atoms with van der Waals surface area (Å²) < 4.78 is 12.4. The number of aliphatic hydroxyl groups is 2. The topological polar surface area (TPSA) is 88.0 Å². The Hall–Kier alpha value is -2.03.